The average Bonchev–Trinajstić information content (AvgIpc) is 2.71. The van der Waals surface area contributed by atoms with Gasteiger partial charge in [-0.15, -0.1) is 0 Å². The molecule has 0 aliphatic rings. The summed E-state index contributed by atoms with van der Waals surface area (Å²) in [5.41, 5.74) is 3.26. The van der Waals surface area contributed by atoms with Crippen LogP contribution in [-0.2, 0) is 13.0 Å². The molecule has 2 aromatic heterocycles. The fourth-order valence-corrected chi connectivity index (χ4v) is 2.80. The van der Waals surface area contributed by atoms with Crippen LogP contribution in [0.3, 0.4) is 0 Å². The van der Waals surface area contributed by atoms with Crippen molar-refractivity contribution in [1.82, 2.24) is 15.0 Å². The molecule has 0 atom stereocenters. The Kier molecular flexibility index (Phi) is 6.20. The number of hydrogen-bond acceptors (Lipinski definition) is 6. The molecule has 0 aliphatic carbocycles. The number of benzene rings is 1. The molecule has 0 unspecified atom stereocenters. The molecule has 0 fully saturated rings. The Morgan fingerprint density at radius 1 is 1.07 bits per heavy atom. The van der Waals surface area contributed by atoms with E-state index >= 15 is 0 Å². The van der Waals surface area contributed by atoms with Crippen LogP contribution < -0.4 is 15.0 Å². The van der Waals surface area contributed by atoms with Crippen molar-refractivity contribution in [3.05, 3.63) is 71.7 Å². The Morgan fingerprint density at radius 2 is 1.85 bits per heavy atom. The van der Waals surface area contributed by atoms with E-state index in [0.29, 0.717) is 12.5 Å². The van der Waals surface area contributed by atoms with Crippen molar-refractivity contribution in [2.75, 3.05) is 30.9 Å². The second-order valence-electron chi connectivity index (χ2n) is 6.39. The number of pyridine rings is 1. The number of aromatic nitrogens is 3. The smallest absolute Gasteiger partial charge is 0.227 e. The fourth-order valence-electron chi connectivity index (χ4n) is 2.80. The summed E-state index contributed by atoms with van der Waals surface area (Å²) in [5, 5.41) is 3.38. The molecule has 0 spiro atoms. The summed E-state index contributed by atoms with van der Waals surface area (Å²) in [6.45, 7) is 3.45. The number of ether oxygens (including phenoxy) is 1. The maximum atomic E-state index is 5.41. The molecular formula is C21H25N5O. The van der Waals surface area contributed by atoms with E-state index in [1.54, 1.807) is 7.11 Å². The summed E-state index contributed by atoms with van der Waals surface area (Å²) in [7, 11) is 3.70. The first-order chi connectivity index (χ1) is 13.2. The van der Waals surface area contributed by atoms with Crippen LogP contribution in [0, 0.1) is 6.92 Å². The zero-order chi connectivity index (χ0) is 19.1. The SMILES string of the molecule is COc1ccccc1CNc1cc(C)nc(N(C)CCc2ccncc2)n1. The van der Waals surface area contributed by atoms with Crippen molar-refractivity contribution in [3.8, 4) is 5.75 Å². The highest BCUT2D eigenvalue weighted by Gasteiger charge is 2.09. The van der Waals surface area contributed by atoms with Gasteiger partial charge in [0.15, 0.2) is 0 Å². The molecule has 6 nitrogen and oxygen atoms in total. The third-order valence-corrected chi connectivity index (χ3v) is 4.32. The number of methoxy groups -OCH3 is 1. The molecule has 0 saturated carbocycles. The number of nitrogens with zero attached hydrogens (tertiary/aromatic N) is 4. The fraction of sp³-hybridized carbons (Fsp3) is 0.286. The summed E-state index contributed by atoms with van der Waals surface area (Å²) in [6.07, 6.45) is 4.55. The zero-order valence-corrected chi connectivity index (χ0v) is 16.0. The lowest BCUT2D eigenvalue weighted by Crippen LogP contribution is -2.23. The first kappa shape index (κ1) is 18.6. The number of nitrogens with one attached hydrogen (secondary N) is 1. The molecule has 6 heteroatoms. The summed E-state index contributed by atoms with van der Waals surface area (Å²) in [4.78, 5) is 15.4. The van der Waals surface area contributed by atoms with E-state index in [9.17, 15) is 0 Å². The van der Waals surface area contributed by atoms with E-state index in [0.717, 1.165) is 35.8 Å². The minimum absolute atomic E-state index is 0.640. The van der Waals surface area contributed by atoms with E-state index < -0.39 is 0 Å². The third-order valence-electron chi connectivity index (χ3n) is 4.32. The van der Waals surface area contributed by atoms with Crippen molar-refractivity contribution in [2.24, 2.45) is 0 Å². The highest BCUT2D eigenvalue weighted by molar-refractivity contribution is 5.45. The van der Waals surface area contributed by atoms with Crippen molar-refractivity contribution in [1.29, 1.82) is 0 Å². The average molecular weight is 363 g/mol. The zero-order valence-electron chi connectivity index (χ0n) is 16.0. The van der Waals surface area contributed by atoms with Crippen LogP contribution in [0.25, 0.3) is 0 Å². The lowest BCUT2D eigenvalue weighted by atomic mass is 10.2. The Balaban J connectivity index is 1.66. The monoisotopic (exact) mass is 363 g/mol. The first-order valence-electron chi connectivity index (χ1n) is 8.97. The summed E-state index contributed by atoms with van der Waals surface area (Å²) in [6, 6.07) is 14.0. The maximum Gasteiger partial charge on any atom is 0.227 e. The lowest BCUT2D eigenvalue weighted by molar-refractivity contribution is 0.410. The van der Waals surface area contributed by atoms with Gasteiger partial charge in [0, 0.05) is 49.9 Å². The molecule has 27 heavy (non-hydrogen) atoms. The van der Waals surface area contributed by atoms with Gasteiger partial charge >= 0.3 is 0 Å². The number of anilines is 2. The van der Waals surface area contributed by atoms with Crippen LogP contribution in [0.15, 0.2) is 54.9 Å². The molecule has 3 aromatic rings. The van der Waals surface area contributed by atoms with E-state index in [1.807, 2.05) is 68.8 Å². The van der Waals surface area contributed by atoms with E-state index in [4.69, 9.17) is 4.74 Å². The standard InChI is InChI=1S/C21H25N5O/c1-16-14-20(23-15-18-6-4-5-7-19(18)27-3)25-21(24-16)26(2)13-10-17-8-11-22-12-9-17/h4-9,11-12,14H,10,13,15H2,1-3H3,(H,23,24,25). The number of rotatable bonds is 8. The van der Waals surface area contributed by atoms with Gasteiger partial charge in [0.25, 0.3) is 0 Å². The highest BCUT2D eigenvalue weighted by atomic mass is 16.5. The van der Waals surface area contributed by atoms with Gasteiger partial charge in [-0.1, -0.05) is 18.2 Å². The number of para-hydroxylation sites is 1. The molecule has 0 saturated heterocycles. The predicted octanol–water partition coefficient (Wildman–Crippen LogP) is 3.48. The van der Waals surface area contributed by atoms with Crippen molar-refractivity contribution < 1.29 is 4.74 Å². The Bertz CT molecular complexity index is 869. The van der Waals surface area contributed by atoms with Gasteiger partial charge in [0.05, 0.1) is 7.11 Å². The van der Waals surface area contributed by atoms with Crippen LogP contribution in [0.4, 0.5) is 11.8 Å². The minimum Gasteiger partial charge on any atom is -0.496 e. The lowest BCUT2D eigenvalue weighted by Gasteiger charge is -2.19. The summed E-state index contributed by atoms with van der Waals surface area (Å²) < 4.78 is 5.41. The predicted molar refractivity (Wildman–Crippen MR) is 108 cm³/mol. The van der Waals surface area contributed by atoms with E-state index in [1.165, 1.54) is 5.56 Å². The summed E-state index contributed by atoms with van der Waals surface area (Å²) >= 11 is 0. The first-order valence-corrected chi connectivity index (χ1v) is 8.97. The van der Waals surface area contributed by atoms with E-state index in [-0.39, 0.29) is 0 Å². The quantitative estimate of drug-likeness (QED) is 0.661. The largest absolute Gasteiger partial charge is 0.496 e. The second-order valence-corrected chi connectivity index (χ2v) is 6.39. The van der Waals surface area contributed by atoms with Gasteiger partial charge in [0.1, 0.15) is 11.6 Å². The molecular weight excluding hydrogens is 338 g/mol. The van der Waals surface area contributed by atoms with Gasteiger partial charge in [-0.3, -0.25) is 4.98 Å². The highest BCUT2D eigenvalue weighted by Crippen LogP contribution is 2.19. The van der Waals surface area contributed by atoms with Crippen molar-refractivity contribution in [3.63, 3.8) is 0 Å². The Labute approximate surface area is 160 Å². The van der Waals surface area contributed by atoms with E-state index in [2.05, 4.69) is 25.2 Å². The Morgan fingerprint density at radius 3 is 2.63 bits per heavy atom. The molecule has 0 radical (unpaired) electrons. The van der Waals surface area contributed by atoms with Crippen LogP contribution >= 0.6 is 0 Å². The molecule has 140 valence electrons. The van der Waals surface area contributed by atoms with Gasteiger partial charge in [-0.2, -0.15) is 4.98 Å². The maximum absolute atomic E-state index is 5.41. The molecule has 3 rings (SSSR count). The van der Waals surface area contributed by atoms with Crippen LogP contribution in [0.2, 0.25) is 0 Å². The molecule has 1 aromatic carbocycles. The van der Waals surface area contributed by atoms with Gasteiger partial charge in [0.2, 0.25) is 5.95 Å². The normalized spacial score (nSPS) is 10.5. The van der Waals surface area contributed by atoms with Gasteiger partial charge < -0.3 is 15.0 Å². The van der Waals surface area contributed by atoms with Crippen molar-refractivity contribution in [2.45, 2.75) is 19.9 Å². The molecule has 1 N–H and O–H groups in total. The molecule has 2 heterocycles. The number of likely N-dealkylation sites (N-methyl/N-ethyl adjacent to an activating group) is 1. The molecule has 0 amide bonds. The third kappa shape index (κ3) is 5.17. The van der Waals surface area contributed by atoms with Gasteiger partial charge in [-0.05, 0) is 37.1 Å². The molecule has 0 bridgehead atoms. The number of aryl methyl sites for hydroxylation is 1. The number of hydrogen-bond donors (Lipinski definition) is 1. The van der Waals surface area contributed by atoms with Gasteiger partial charge in [-0.25, -0.2) is 4.98 Å². The summed E-state index contributed by atoms with van der Waals surface area (Å²) in [5.74, 6) is 2.39. The van der Waals surface area contributed by atoms with Crippen molar-refractivity contribution >= 4 is 11.8 Å². The van der Waals surface area contributed by atoms with Crippen LogP contribution in [0.1, 0.15) is 16.8 Å². The second kappa shape index (κ2) is 8.98. The van der Waals surface area contributed by atoms with Crippen LogP contribution in [0.5, 0.6) is 5.75 Å². The Hall–Kier alpha value is -3.15. The topological polar surface area (TPSA) is 63.2 Å². The minimum atomic E-state index is 0.640. The van der Waals surface area contributed by atoms with Crippen LogP contribution in [-0.4, -0.2) is 35.7 Å². The molecule has 0 aliphatic heterocycles.